The Morgan fingerprint density at radius 2 is 1.82 bits per heavy atom. The fraction of sp³-hybridized carbons (Fsp3) is 1.00. The zero-order valence-electron chi connectivity index (χ0n) is 6.60. The second-order valence-corrected chi connectivity index (χ2v) is 3.37. The Bertz CT molecular complexity index is 117. The fourth-order valence-corrected chi connectivity index (χ4v) is 1.67. The normalized spacial score (nSPS) is 33.8. The highest BCUT2D eigenvalue weighted by Crippen LogP contribution is 2.26. The molecule has 11 heavy (non-hydrogen) atoms. The molecule has 0 spiro atoms. The molecule has 0 aromatic heterocycles. The van der Waals surface area contributed by atoms with Crippen LogP contribution in [0, 0.1) is 5.92 Å². The summed E-state index contributed by atoms with van der Waals surface area (Å²) in [6.07, 6.45) is 1.86. The van der Waals surface area contributed by atoms with Crippen molar-refractivity contribution in [2.45, 2.75) is 44.6 Å². The molecule has 0 unspecified atom stereocenters. The summed E-state index contributed by atoms with van der Waals surface area (Å²) in [7, 11) is 0. The van der Waals surface area contributed by atoms with Gasteiger partial charge in [0.15, 0.2) is 0 Å². The highest BCUT2D eigenvalue weighted by Gasteiger charge is 2.24. The van der Waals surface area contributed by atoms with Gasteiger partial charge in [0.1, 0.15) is 0 Å². The van der Waals surface area contributed by atoms with Crippen LogP contribution < -0.4 is 5.73 Å². The van der Waals surface area contributed by atoms with Crippen LogP contribution in [0.5, 0.6) is 0 Å². The molecular weight excluding hydrogens is 148 g/mol. The van der Waals surface area contributed by atoms with Gasteiger partial charge in [0.05, 0.1) is 0 Å². The van der Waals surface area contributed by atoms with Crippen LogP contribution in [0.3, 0.4) is 0 Å². The second-order valence-electron chi connectivity index (χ2n) is 3.37. The molecule has 1 aliphatic rings. The Hall–Kier alpha value is -0.180. The van der Waals surface area contributed by atoms with Crippen LogP contribution in [0.2, 0.25) is 0 Å². The largest absolute Gasteiger partial charge is 0.328 e. The third-order valence-electron chi connectivity index (χ3n) is 2.36. The number of halogens is 2. The molecular formula is C8H15F2N. The SMILES string of the molecule is N[C@H]1CCCC[C@@H](C(F)F)C1. The van der Waals surface area contributed by atoms with E-state index in [-0.39, 0.29) is 6.04 Å². The van der Waals surface area contributed by atoms with Gasteiger partial charge in [-0.2, -0.15) is 0 Å². The van der Waals surface area contributed by atoms with Gasteiger partial charge < -0.3 is 5.73 Å². The van der Waals surface area contributed by atoms with E-state index in [0.29, 0.717) is 12.8 Å². The van der Waals surface area contributed by atoms with Crippen LogP contribution in [0.15, 0.2) is 0 Å². The fourth-order valence-electron chi connectivity index (χ4n) is 1.67. The molecule has 66 valence electrons. The van der Waals surface area contributed by atoms with Crippen molar-refractivity contribution >= 4 is 0 Å². The molecule has 2 N–H and O–H groups in total. The van der Waals surface area contributed by atoms with E-state index >= 15 is 0 Å². The summed E-state index contributed by atoms with van der Waals surface area (Å²) in [5.74, 6) is -0.438. The van der Waals surface area contributed by atoms with E-state index in [2.05, 4.69) is 0 Å². The van der Waals surface area contributed by atoms with Crippen LogP contribution in [0.1, 0.15) is 32.1 Å². The molecule has 1 aliphatic carbocycles. The van der Waals surface area contributed by atoms with Crippen molar-refractivity contribution in [3.8, 4) is 0 Å². The van der Waals surface area contributed by atoms with Gasteiger partial charge in [-0.05, 0) is 19.3 Å². The smallest absolute Gasteiger partial charge is 0.241 e. The maximum Gasteiger partial charge on any atom is 0.241 e. The molecule has 0 bridgehead atoms. The average Bonchev–Trinajstić information content (AvgIpc) is 2.13. The molecule has 1 saturated carbocycles. The summed E-state index contributed by atoms with van der Waals surface area (Å²) in [6.45, 7) is 0. The first kappa shape index (κ1) is 8.91. The maximum absolute atomic E-state index is 12.2. The van der Waals surface area contributed by atoms with E-state index < -0.39 is 12.3 Å². The van der Waals surface area contributed by atoms with Gasteiger partial charge in [-0.3, -0.25) is 0 Å². The molecule has 3 heteroatoms. The molecule has 0 aromatic carbocycles. The lowest BCUT2D eigenvalue weighted by Gasteiger charge is -2.15. The van der Waals surface area contributed by atoms with E-state index in [1.54, 1.807) is 0 Å². The first-order chi connectivity index (χ1) is 5.20. The Morgan fingerprint density at radius 1 is 1.18 bits per heavy atom. The minimum absolute atomic E-state index is 0.0106. The van der Waals surface area contributed by atoms with Gasteiger partial charge in [-0.15, -0.1) is 0 Å². The molecule has 0 heterocycles. The summed E-state index contributed by atoms with van der Waals surface area (Å²) in [5.41, 5.74) is 5.63. The standard InChI is InChI=1S/C8H15F2N/c9-8(10)6-3-1-2-4-7(11)5-6/h6-8H,1-5,11H2/t6-,7+/m1/s1. The van der Waals surface area contributed by atoms with Crippen LogP contribution in [0.4, 0.5) is 8.78 Å². The summed E-state index contributed by atoms with van der Waals surface area (Å²) in [6, 6.07) is 0.0106. The first-order valence-electron chi connectivity index (χ1n) is 4.24. The van der Waals surface area contributed by atoms with E-state index in [1.165, 1.54) is 0 Å². The van der Waals surface area contributed by atoms with E-state index in [4.69, 9.17) is 5.73 Å². The lowest BCUT2D eigenvalue weighted by molar-refractivity contribution is 0.0665. The Kier molecular flexibility index (Phi) is 3.24. The van der Waals surface area contributed by atoms with Gasteiger partial charge in [0, 0.05) is 12.0 Å². The topological polar surface area (TPSA) is 26.0 Å². The summed E-state index contributed by atoms with van der Waals surface area (Å²) in [4.78, 5) is 0. The van der Waals surface area contributed by atoms with Gasteiger partial charge in [0.2, 0.25) is 6.43 Å². The predicted molar refractivity (Wildman–Crippen MR) is 40.6 cm³/mol. The number of rotatable bonds is 1. The van der Waals surface area contributed by atoms with Crippen LogP contribution in [-0.2, 0) is 0 Å². The highest BCUT2D eigenvalue weighted by atomic mass is 19.3. The van der Waals surface area contributed by atoms with Crippen LogP contribution >= 0.6 is 0 Å². The van der Waals surface area contributed by atoms with Crippen molar-refractivity contribution in [2.75, 3.05) is 0 Å². The lowest BCUT2D eigenvalue weighted by Crippen LogP contribution is -2.24. The minimum Gasteiger partial charge on any atom is -0.328 e. The molecule has 0 amide bonds. The summed E-state index contributed by atoms with van der Waals surface area (Å²) in [5, 5.41) is 0. The van der Waals surface area contributed by atoms with Crippen molar-refractivity contribution in [3.05, 3.63) is 0 Å². The predicted octanol–water partition coefficient (Wildman–Crippen LogP) is 2.16. The molecule has 2 atom stereocenters. The third kappa shape index (κ3) is 2.73. The van der Waals surface area contributed by atoms with E-state index in [0.717, 1.165) is 19.3 Å². The number of nitrogens with two attached hydrogens (primary N) is 1. The average molecular weight is 163 g/mol. The Labute approximate surface area is 66.0 Å². The van der Waals surface area contributed by atoms with Crippen molar-refractivity contribution in [1.29, 1.82) is 0 Å². The summed E-state index contributed by atoms with van der Waals surface area (Å²) >= 11 is 0. The molecule has 1 rings (SSSR count). The van der Waals surface area contributed by atoms with Crippen molar-refractivity contribution in [3.63, 3.8) is 0 Å². The zero-order chi connectivity index (χ0) is 8.27. The van der Waals surface area contributed by atoms with Crippen molar-refractivity contribution < 1.29 is 8.78 Å². The summed E-state index contributed by atoms with van der Waals surface area (Å²) < 4.78 is 24.4. The molecule has 1 nitrogen and oxygen atoms in total. The van der Waals surface area contributed by atoms with Crippen molar-refractivity contribution in [1.82, 2.24) is 0 Å². The molecule has 0 radical (unpaired) electrons. The van der Waals surface area contributed by atoms with Crippen molar-refractivity contribution in [2.24, 2.45) is 11.7 Å². The van der Waals surface area contributed by atoms with Gasteiger partial charge >= 0.3 is 0 Å². The van der Waals surface area contributed by atoms with Crippen LogP contribution in [0.25, 0.3) is 0 Å². The Balaban J connectivity index is 2.39. The molecule has 0 aromatic rings. The number of hydrogen-bond acceptors (Lipinski definition) is 1. The first-order valence-corrected chi connectivity index (χ1v) is 4.24. The lowest BCUT2D eigenvalue weighted by atomic mass is 9.99. The van der Waals surface area contributed by atoms with Gasteiger partial charge in [-0.1, -0.05) is 12.8 Å². The third-order valence-corrected chi connectivity index (χ3v) is 2.36. The highest BCUT2D eigenvalue weighted by molar-refractivity contribution is 4.74. The monoisotopic (exact) mass is 163 g/mol. The molecule has 0 saturated heterocycles. The van der Waals surface area contributed by atoms with E-state index in [1.807, 2.05) is 0 Å². The zero-order valence-corrected chi connectivity index (χ0v) is 6.60. The Morgan fingerprint density at radius 3 is 2.45 bits per heavy atom. The second kappa shape index (κ2) is 4.00. The van der Waals surface area contributed by atoms with Crippen LogP contribution in [-0.4, -0.2) is 12.5 Å². The molecule has 1 fully saturated rings. The van der Waals surface area contributed by atoms with Gasteiger partial charge in [-0.25, -0.2) is 8.78 Å². The number of hydrogen-bond donors (Lipinski definition) is 1. The van der Waals surface area contributed by atoms with Gasteiger partial charge in [0.25, 0.3) is 0 Å². The quantitative estimate of drug-likeness (QED) is 0.589. The molecule has 0 aliphatic heterocycles. The van der Waals surface area contributed by atoms with E-state index in [9.17, 15) is 8.78 Å². The maximum atomic E-state index is 12.2. The minimum atomic E-state index is -2.17. The number of alkyl halides is 2.